The highest BCUT2D eigenvalue weighted by molar-refractivity contribution is 7.91. The van der Waals surface area contributed by atoms with Crippen LogP contribution in [0.3, 0.4) is 0 Å². The van der Waals surface area contributed by atoms with Gasteiger partial charge in [0, 0.05) is 42.4 Å². The van der Waals surface area contributed by atoms with E-state index in [0.717, 1.165) is 4.90 Å². The van der Waals surface area contributed by atoms with E-state index in [1.165, 1.54) is 26.2 Å². The number of halogens is 3. The van der Waals surface area contributed by atoms with Crippen molar-refractivity contribution in [3.63, 3.8) is 0 Å². The first-order valence-electron chi connectivity index (χ1n) is 22.5. The zero-order valence-corrected chi connectivity index (χ0v) is 39.4. The number of alkyl halides is 3. The predicted molar refractivity (Wildman–Crippen MR) is 240 cm³/mol. The molecular formula is C47H58F3N7O9S. The summed E-state index contributed by atoms with van der Waals surface area (Å²) in [5, 5.41) is 13.3. The quantitative estimate of drug-likeness (QED) is 0.167. The van der Waals surface area contributed by atoms with Crippen LogP contribution in [-0.4, -0.2) is 115 Å². The minimum absolute atomic E-state index is 0.0321. The highest BCUT2D eigenvalue weighted by Crippen LogP contribution is 2.48. The van der Waals surface area contributed by atoms with Gasteiger partial charge in [0.15, 0.2) is 5.82 Å². The van der Waals surface area contributed by atoms with Gasteiger partial charge in [-0.05, 0) is 115 Å². The maximum absolute atomic E-state index is 15.2. The van der Waals surface area contributed by atoms with Gasteiger partial charge in [0.2, 0.25) is 21.8 Å². The molecule has 3 aromatic rings. The maximum Gasteiger partial charge on any atom is 0.411 e. The van der Waals surface area contributed by atoms with Crippen molar-refractivity contribution < 1.29 is 55.3 Å². The van der Waals surface area contributed by atoms with Gasteiger partial charge < -0.3 is 24.8 Å². The average molecular weight is 954 g/mol. The second-order valence-corrected chi connectivity index (χ2v) is 21.6. The summed E-state index contributed by atoms with van der Waals surface area (Å²) in [7, 11) is -4.15. The Bertz CT molecular complexity index is 2500. The van der Waals surface area contributed by atoms with Gasteiger partial charge in [-0.3, -0.25) is 24.0 Å². The Labute approximate surface area is 388 Å². The van der Waals surface area contributed by atoms with E-state index in [0.29, 0.717) is 62.2 Å². The second kappa shape index (κ2) is 18.4. The molecular weight excluding hydrogens is 896 g/mol. The zero-order valence-electron chi connectivity index (χ0n) is 38.5. The van der Waals surface area contributed by atoms with Crippen LogP contribution in [0.15, 0.2) is 67.0 Å². The van der Waals surface area contributed by atoms with Gasteiger partial charge in [0.25, 0.3) is 5.91 Å². The summed E-state index contributed by atoms with van der Waals surface area (Å²) in [4.78, 5) is 71.9. The van der Waals surface area contributed by atoms with Crippen molar-refractivity contribution >= 4 is 33.8 Å². The summed E-state index contributed by atoms with van der Waals surface area (Å²) in [5.41, 5.74) is -3.41. The first-order valence-corrected chi connectivity index (χ1v) is 24.0. The molecule has 67 heavy (non-hydrogen) atoms. The van der Waals surface area contributed by atoms with Crippen molar-refractivity contribution in [1.29, 1.82) is 0 Å². The monoisotopic (exact) mass is 953 g/mol. The van der Waals surface area contributed by atoms with E-state index in [4.69, 9.17) is 14.5 Å². The van der Waals surface area contributed by atoms with Crippen LogP contribution in [0.25, 0.3) is 22.8 Å². The van der Waals surface area contributed by atoms with Crippen LogP contribution in [0.1, 0.15) is 93.4 Å². The van der Waals surface area contributed by atoms with Crippen LogP contribution < -0.4 is 19.5 Å². The fourth-order valence-corrected chi connectivity index (χ4v) is 10.3. The van der Waals surface area contributed by atoms with E-state index in [9.17, 15) is 41.1 Å². The number of hydrogen-bond donors (Lipinski definition) is 3. The second-order valence-electron chi connectivity index (χ2n) is 19.5. The van der Waals surface area contributed by atoms with Gasteiger partial charge in [-0.15, -0.1) is 0 Å². The molecule has 0 radical (unpaired) electrons. The van der Waals surface area contributed by atoms with E-state index in [2.05, 4.69) is 20.0 Å². The Morgan fingerprint density at radius 2 is 1.67 bits per heavy atom. The number of allylic oxidation sites excluding steroid dienone is 1. The van der Waals surface area contributed by atoms with Gasteiger partial charge in [-0.1, -0.05) is 26.0 Å². The predicted octanol–water partition coefficient (Wildman–Crippen LogP) is 6.92. The summed E-state index contributed by atoms with van der Waals surface area (Å²) in [5.74, 6) is -3.65. The highest BCUT2D eigenvalue weighted by atomic mass is 32.2. The summed E-state index contributed by atoms with van der Waals surface area (Å²) < 4.78 is 84.7. The molecule has 4 aliphatic rings. The molecule has 4 amide bonds. The molecule has 0 bridgehead atoms. The number of ether oxygens (including phenoxy) is 2. The molecule has 2 aliphatic heterocycles. The normalized spacial score (nSPS) is 26.6. The summed E-state index contributed by atoms with van der Waals surface area (Å²) in [6.07, 6.45) is -0.0406. The molecule has 2 aliphatic carbocycles. The molecule has 4 heterocycles. The van der Waals surface area contributed by atoms with Crippen molar-refractivity contribution in [2.75, 3.05) is 6.54 Å². The largest absolute Gasteiger partial charge is 0.491 e. The maximum atomic E-state index is 15.2. The standard InChI is InChI=1S/C47H58F3N7O9S/c1-27(2)65-32-15-13-30(14-16-32)35-22-33(23-36(53-35)39-51-19-10-20-52-39)66-34-24-37-40(58)54-46(42(60)55-67(63,64)45(7)17-18-45)25-31(46)12-9-8-11-28(3)21-29(4)38(41(59)56(37)26-34)57(43(61)62)44(5,6)47(48,49)50/h9-10,12-16,19-20,22-23,27-29,31,34,37-38H,8,11,17-18,21,24-26H2,1-7H3,(H,54,58)(H,55,60)(H,61,62)/t28-,29-,31-,34-,37+,38+,46-/m1/s1. The van der Waals surface area contributed by atoms with Crippen molar-refractivity contribution in [3.05, 3.63) is 67.0 Å². The number of amides is 4. The number of nitrogens with zero attached hydrogens (tertiary/aromatic N) is 5. The molecule has 2 saturated carbocycles. The number of carbonyl (C=O) groups is 4. The van der Waals surface area contributed by atoms with E-state index >= 15 is 4.79 Å². The third-order valence-electron chi connectivity index (χ3n) is 13.4. The highest BCUT2D eigenvalue weighted by Gasteiger charge is 2.64. The number of nitrogens with one attached hydrogen (secondary N) is 2. The molecule has 1 aromatic carbocycles. The minimum Gasteiger partial charge on any atom is -0.491 e. The number of carbonyl (C=O) groups excluding carboxylic acids is 3. The van der Waals surface area contributed by atoms with Crippen LogP contribution in [0.5, 0.6) is 11.5 Å². The number of hydrogen-bond acceptors (Lipinski definition) is 11. The molecule has 20 heteroatoms. The van der Waals surface area contributed by atoms with Crippen molar-refractivity contribution in [2.45, 2.75) is 140 Å². The zero-order chi connectivity index (χ0) is 48.9. The third kappa shape index (κ3) is 10.2. The Morgan fingerprint density at radius 1 is 1.01 bits per heavy atom. The summed E-state index contributed by atoms with van der Waals surface area (Å²) in [6, 6.07) is 8.55. The molecule has 0 spiro atoms. The van der Waals surface area contributed by atoms with Crippen LogP contribution in [-0.2, 0) is 24.4 Å². The number of rotatable bonds is 11. The minimum atomic E-state index is -5.12. The number of sulfonamides is 1. The molecule has 1 saturated heterocycles. The van der Waals surface area contributed by atoms with E-state index in [1.54, 1.807) is 54.6 Å². The van der Waals surface area contributed by atoms with E-state index in [1.807, 2.05) is 20.8 Å². The lowest BCUT2D eigenvalue weighted by atomic mass is 9.85. The Balaban J connectivity index is 1.30. The number of fused-ring (bicyclic) bond motifs is 2. The summed E-state index contributed by atoms with van der Waals surface area (Å²) >= 11 is 0. The lowest BCUT2D eigenvalue weighted by Gasteiger charge is -2.45. The molecule has 7 rings (SSSR count). The SMILES string of the molecule is CC(C)Oc1ccc(-c2cc(O[C@@H]3C[C@H]4C(=O)N[C@]5(C(=O)NS(=O)(=O)C6(C)CC6)C[C@H]5C=CCC[C@@H](C)C[C@@H](C)[C@H](N(C(=O)O)C(C)(C)C(F)(F)F)C(=O)N4C3)cc(-c3ncccn3)n2)cc1. The topological polar surface area (TPSA) is 210 Å². The van der Waals surface area contributed by atoms with Crippen LogP contribution in [0.4, 0.5) is 18.0 Å². The van der Waals surface area contributed by atoms with E-state index in [-0.39, 0.29) is 54.3 Å². The number of pyridine rings is 1. The molecule has 16 nitrogen and oxygen atoms in total. The number of carboxylic acid groups (broad SMARTS) is 1. The van der Waals surface area contributed by atoms with Gasteiger partial charge >= 0.3 is 12.3 Å². The fraction of sp³-hybridized carbons (Fsp3) is 0.553. The van der Waals surface area contributed by atoms with Crippen LogP contribution in [0.2, 0.25) is 0 Å². The Morgan fingerprint density at radius 3 is 2.28 bits per heavy atom. The lowest BCUT2D eigenvalue weighted by molar-refractivity contribution is -0.222. The van der Waals surface area contributed by atoms with Crippen molar-refractivity contribution in [3.8, 4) is 34.3 Å². The van der Waals surface area contributed by atoms with Gasteiger partial charge in [0.05, 0.1) is 23.1 Å². The van der Waals surface area contributed by atoms with Crippen LogP contribution >= 0.6 is 0 Å². The molecule has 2 aromatic heterocycles. The number of benzene rings is 1. The fourth-order valence-electron chi connectivity index (χ4n) is 9.02. The first-order chi connectivity index (χ1) is 31.4. The molecule has 3 N–H and O–H groups in total. The van der Waals surface area contributed by atoms with Gasteiger partial charge in [0.1, 0.15) is 46.5 Å². The summed E-state index contributed by atoms with van der Waals surface area (Å²) in [6.45, 7) is 9.69. The lowest BCUT2D eigenvalue weighted by Crippen LogP contribution is -2.66. The van der Waals surface area contributed by atoms with Gasteiger partial charge in [-0.25, -0.2) is 28.2 Å². The Kier molecular flexibility index (Phi) is 13.5. The Hall–Kier alpha value is -5.79. The third-order valence-corrected chi connectivity index (χ3v) is 15.6. The molecule has 0 unspecified atom stereocenters. The number of aromatic nitrogens is 3. The smallest absolute Gasteiger partial charge is 0.411 e. The van der Waals surface area contributed by atoms with Crippen molar-refractivity contribution in [2.24, 2.45) is 17.8 Å². The van der Waals surface area contributed by atoms with Crippen LogP contribution in [0, 0.1) is 17.8 Å². The molecule has 7 atom stereocenters. The molecule has 3 fully saturated rings. The first kappa shape index (κ1) is 49.1. The van der Waals surface area contributed by atoms with E-state index < -0.39 is 85.9 Å². The van der Waals surface area contributed by atoms with Crippen molar-refractivity contribution in [1.82, 2.24) is 34.8 Å². The average Bonchev–Trinajstić information content (AvgIpc) is 4.13. The molecule has 362 valence electrons. The van der Waals surface area contributed by atoms with Gasteiger partial charge in [-0.2, -0.15) is 13.2 Å².